The number of imide groups is 1. The molecule has 0 spiro atoms. The van der Waals surface area contributed by atoms with Crippen molar-refractivity contribution in [2.75, 3.05) is 39.1 Å². The lowest BCUT2D eigenvalue weighted by Gasteiger charge is -2.31. The molecule has 1 aromatic carbocycles. The average molecular weight is 428 g/mol. The first kappa shape index (κ1) is 23.9. The number of benzene rings is 1. The Morgan fingerprint density at radius 3 is 1.79 bits per heavy atom. The summed E-state index contributed by atoms with van der Waals surface area (Å²) in [7, 11) is -2.81. The van der Waals surface area contributed by atoms with Gasteiger partial charge in [-0.3, -0.25) is 14.5 Å². The minimum absolute atomic E-state index is 0.0761. The number of amides is 2. The molecule has 1 aliphatic heterocycles. The molecule has 0 saturated carbocycles. The van der Waals surface area contributed by atoms with Crippen LogP contribution >= 0.6 is 7.72 Å². The lowest BCUT2D eigenvalue weighted by Crippen LogP contribution is -2.40. The number of hydrogen-bond donors (Lipinski definition) is 1. The average Bonchev–Trinajstić information content (AvgIpc) is 2.93. The molecule has 0 fully saturated rings. The zero-order valence-corrected chi connectivity index (χ0v) is 18.4. The third-order valence-corrected chi connectivity index (χ3v) is 7.63. The van der Waals surface area contributed by atoms with Crippen LogP contribution in [0.2, 0.25) is 0 Å². The molecule has 0 saturated heterocycles. The Balaban J connectivity index is 2.20. The van der Waals surface area contributed by atoms with Gasteiger partial charge in [-0.1, -0.05) is 12.1 Å². The summed E-state index contributed by atoms with van der Waals surface area (Å²) >= 11 is 0. The SMILES string of the molecule is CCOC(OCC)[P+](CC(O)CN1C(=O)c2ccccc2C1=O)(OCC)OCC. The number of ether oxygens (including phenoxy) is 2. The van der Waals surface area contributed by atoms with Crippen LogP contribution in [-0.4, -0.2) is 73.1 Å². The molecule has 29 heavy (non-hydrogen) atoms. The molecule has 8 nitrogen and oxygen atoms in total. The van der Waals surface area contributed by atoms with E-state index in [9.17, 15) is 14.7 Å². The van der Waals surface area contributed by atoms with Crippen molar-refractivity contribution in [3.63, 3.8) is 0 Å². The van der Waals surface area contributed by atoms with Crippen molar-refractivity contribution in [2.45, 2.75) is 39.8 Å². The predicted molar refractivity (Wildman–Crippen MR) is 110 cm³/mol. The summed E-state index contributed by atoms with van der Waals surface area (Å²) in [6.07, 6.45) is -0.973. The first-order valence-electron chi connectivity index (χ1n) is 9.97. The number of aliphatic hydroxyl groups is 1. The van der Waals surface area contributed by atoms with Gasteiger partial charge in [0.1, 0.15) is 12.3 Å². The van der Waals surface area contributed by atoms with Crippen LogP contribution in [0.4, 0.5) is 0 Å². The van der Waals surface area contributed by atoms with Gasteiger partial charge in [0.25, 0.3) is 11.8 Å². The Morgan fingerprint density at radius 1 is 0.897 bits per heavy atom. The molecule has 1 aromatic rings. The quantitative estimate of drug-likeness (QED) is 0.293. The van der Waals surface area contributed by atoms with E-state index in [-0.39, 0.29) is 12.7 Å². The fourth-order valence-corrected chi connectivity index (χ4v) is 6.35. The highest BCUT2D eigenvalue weighted by Crippen LogP contribution is 2.66. The summed E-state index contributed by atoms with van der Waals surface area (Å²) in [6, 6.07) is 5.88. The van der Waals surface area contributed by atoms with E-state index in [4.69, 9.17) is 18.5 Å². The monoisotopic (exact) mass is 428 g/mol. The van der Waals surface area contributed by atoms with E-state index in [1.165, 1.54) is 0 Å². The number of hydrogen-bond acceptors (Lipinski definition) is 7. The van der Waals surface area contributed by atoms with Crippen LogP contribution in [0.15, 0.2) is 24.3 Å². The predicted octanol–water partition coefficient (Wildman–Crippen LogP) is 2.92. The van der Waals surface area contributed by atoms with Gasteiger partial charge >= 0.3 is 13.7 Å². The van der Waals surface area contributed by atoms with Crippen molar-refractivity contribution in [3.05, 3.63) is 35.4 Å². The topological polar surface area (TPSA) is 94.5 Å². The van der Waals surface area contributed by atoms with Crippen LogP contribution < -0.4 is 0 Å². The normalized spacial score (nSPS) is 15.3. The summed E-state index contributed by atoms with van der Waals surface area (Å²) in [4.78, 5) is 26.2. The van der Waals surface area contributed by atoms with E-state index < -0.39 is 31.7 Å². The van der Waals surface area contributed by atoms with Crippen LogP contribution in [0.3, 0.4) is 0 Å². The third-order valence-electron chi connectivity index (χ3n) is 4.37. The van der Waals surface area contributed by atoms with Gasteiger partial charge in [0.15, 0.2) is 0 Å². The van der Waals surface area contributed by atoms with Gasteiger partial charge in [-0.05, 0) is 39.8 Å². The number of fused-ring (bicyclic) bond motifs is 1. The molecular weight excluding hydrogens is 397 g/mol. The molecule has 9 heteroatoms. The number of aliphatic hydroxyl groups excluding tert-OH is 1. The number of carbonyl (C=O) groups excluding carboxylic acids is 2. The second kappa shape index (κ2) is 11.1. The van der Waals surface area contributed by atoms with Crippen molar-refractivity contribution >= 4 is 19.5 Å². The first-order valence-corrected chi connectivity index (χ1v) is 11.8. The van der Waals surface area contributed by atoms with E-state index in [0.29, 0.717) is 37.6 Å². The molecule has 2 amide bonds. The van der Waals surface area contributed by atoms with E-state index in [1.807, 2.05) is 27.7 Å². The molecule has 1 atom stereocenters. The standard InChI is InChI=1S/C20H31NO7P/c1-5-25-20(26-6-2)29(27-7-3,28-8-4)14-15(22)13-21-18(23)16-11-9-10-12-17(16)19(21)24/h9-12,15,20,22H,5-8,13-14H2,1-4H3/q+1. The molecule has 0 bridgehead atoms. The Kier molecular flexibility index (Phi) is 9.14. The number of carbonyl (C=O) groups is 2. The van der Waals surface area contributed by atoms with Gasteiger partial charge in [-0.25, -0.2) is 9.05 Å². The lowest BCUT2D eigenvalue weighted by molar-refractivity contribution is -0.0963. The Morgan fingerprint density at radius 2 is 1.38 bits per heavy atom. The molecule has 0 aliphatic carbocycles. The van der Waals surface area contributed by atoms with E-state index in [2.05, 4.69) is 0 Å². The molecule has 1 N–H and O–H groups in total. The van der Waals surface area contributed by atoms with Crippen LogP contribution in [0.1, 0.15) is 48.4 Å². The van der Waals surface area contributed by atoms with Crippen LogP contribution in [-0.2, 0) is 18.5 Å². The molecule has 1 heterocycles. The lowest BCUT2D eigenvalue weighted by atomic mass is 10.1. The third kappa shape index (κ3) is 5.40. The molecule has 0 aromatic heterocycles. The second-order valence-corrected chi connectivity index (χ2v) is 9.14. The highest BCUT2D eigenvalue weighted by Gasteiger charge is 2.55. The molecule has 162 valence electrons. The van der Waals surface area contributed by atoms with Crippen molar-refractivity contribution in [2.24, 2.45) is 0 Å². The molecular formula is C20H31NO7P+. The minimum atomic E-state index is -2.81. The Bertz CT molecular complexity index is 652. The van der Waals surface area contributed by atoms with Crippen LogP contribution in [0, 0.1) is 0 Å². The maximum atomic E-state index is 12.6. The van der Waals surface area contributed by atoms with Crippen molar-refractivity contribution in [3.8, 4) is 0 Å². The highest BCUT2D eigenvalue weighted by atomic mass is 31.2. The highest BCUT2D eigenvalue weighted by molar-refractivity contribution is 7.66. The smallest absolute Gasteiger partial charge is 0.335 e. The summed E-state index contributed by atoms with van der Waals surface area (Å²) in [5, 5.41) is 10.8. The molecule has 1 unspecified atom stereocenters. The molecule has 0 radical (unpaired) electrons. The van der Waals surface area contributed by atoms with E-state index in [1.54, 1.807) is 24.3 Å². The van der Waals surface area contributed by atoms with Gasteiger partial charge < -0.3 is 14.6 Å². The summed E-state index contributed by atoms with van der Waals surface area (Å²) < 4.78 is 23.4. The first-order chi connectivity index (χ1) is 13.9. The second-order valence-electron chi connectivity index (χ2n) is 6.38. The summed E-state index contributed by atoms with van der Waals surface area (Å²) in [5.41, 5.74) is 0.698. The van der Waals surface area contributed by atoms with Gasteiger partial charge in [-0.2, -0.15) is 0 Å². The van der Waals surface area contributed by atoms with Crippen molar-refractivity contribution < 1.29 is 33.2 Å². The van der Waals surface area contributed by atoms with Crippen LogP contribution in [0.5, 0.6) is 0 Å². The van der Waals surface area contributed by atoms with Crippen molar-refractivity contribution in [1.29, 1.82) is 0 Å². The summed E-state index contributed by atoms with van der Waals surface area (Å²) in [5.74, 6) is -0.819. The Labute approximate surface area is 172 Å². The number of β-amino-alcohol motifs (C(OH)–C–C–N with tert-alkyl or cyclic N) is 1. The maximum absolute atomic E-state index is 12.6. The van der Waals surface area contributed by atoms with Gasteiger partial charge in [0.2, 0.25) is 0 Å². The van der Waals surface area contributed by atoms with E-state index in [0.717, 1.165) is 4.90 Å². The minimum Gasteiger partial charge on any atom is -0.387 e. The number of nitrogens with zero attached hydrogens (tertiary/aromatic N) is 1. The molecule has 1 aliphatic rings. The fraction of sp³-hybridized carbons (Fsp3) is 0.600. The zero-order valence-electron chi connectivity index (χ0n) is 17.5. The Hall–Kier alpha value is -1.41. The molecule has 2 rings (SSSR count). The zero-order chi connectivity index (χ0) is 21.4. The largest absolute Gasteiger partial charge is 0.387 e. The van der Waals surface area contributed by atoms with E-state index >= 15 is 0 Å². The van der Waals surface area contributed by atoms with Gasteiger partial charge in [0, 0.05) is 0 Å². The van der Waals surface area contributed by atoms with Gasteiger partial charge in [-0.15, -0.1) is 0 Å². The summed E-state index contributed by atoms with van der Waals surface area (Å²) in [6.45, 7) is 8.68. The van der Waals surface area contributed by atoms with Crippen LogP contribution in [0.25, 0.3) is 0 Å². The van der Waals surface area contributed by atoms with Gasteiger partial charge in [0.05, 0.1) is 44.1 Å². The number of rotatable bonds is 13. The maximum Gasteiger partial charge on any atom is 0.335 e. The fourth-order valence-electron chi connectivity index (χ4n) is 3.32. The van der Waals surface area contributed by atoms with Crippen molar-refractivity contribution in [1.82, 2.24) is 4.90 Å².